The standard InChI is InChI=1S/C8H7NO3S2/c1-5-9-8-6(13-5)3-2-4-7(8)14(10,11)12/h2-4H,1H3,(H,10,11,12). The molecule has 0 amide bonds. The van der Waals surface area contributed by atoms with Gasteiger partial charge in [0.25, 0.3) is 10.1 Å². The lowest BCUT2D eigenvalue weighted by Crippen LogP contribution is -1.98. The van der Waals surface area contributed by atoms with Crippen LogP contribution in [-0.4, -0.2) is 18.0 Å². The van der Waals surface area contributed by atoms with Gasteiger partial charge in [-0.3, -0.25) is 4.55 Å². The third kappa shape index (κ3) is 1.52. The van der Waals surface area contributed by atoms with E-state index in [1.165, 1.54) is 17.4 Å². The van der Waals surface area contributed by atoms with Gasteiger partial charge < -0.3 is 0 Å². The molecular formula is C8H7NO3S2. The predicted octanol–water partition coefficient (Wildman–Crippen LogP) is 1.85. The number of para-hydroxylation sites is 1. The van der Waals surface area contributed by atoms with Crippen LogP contribution in [0.5, 0.6) is 0 Å². The largest absolute Gasteiger partial charge is 0.296 e. The smallest absolute Gasteiger partial charge is 0.282 e. The van der Waals surface area contributed by atoms with Crippen LogP contribution in [0, 0.1) is 6.92 Å². The topological polar surface area (TPSA) is 67.3 Å². The average molecular weight is 229 g/mol. The molecule has 0 atom stereocenters. The number of hydrogen-bond donors (Lipinski definition) is 1. The highest BCUT2D eigenvalue weighted by Gasteiger charge is 2.15. The lowest BCUT2D eigenvalue weighted by Gasteiger charge is -1.96. The summed E-state index contributed by atoms with van der Waals surface area (Å²) in [4.78, 5) is 3.93. The Morgan fingerprint density at radius 1 is 1.43 bits per heavy atom. The number of rotatable bonds is 1. The number of fused-ring (bicyclic) bond motifs is 1. The van der Waals surface area contributed by atoms with Crippen molar-refractivity contribution in [2.75, 3.05) is 0 Å². The van der Waals surface area contributed by atoms with Gasteiger partial charge in [-0.2, -0.15) is 8.42 Å². The van der Waals surface area contributed by atoms with Gasteiger partial charge in [0, 0.05) is 0 Å². The zero-order chi connectivity index (χ0) is 10.3. The van der Waals surface area contributed by atoms with Gasteiger partial charge in [0.1, 0.15) is 10.4 Å². The number of thiazole rings is 1. The summed E-state index contributed by atoms with van der Waals surface area (Å²) in [6.07, 6.45) is 0. The van der Waals surface area contributed by atoms with Crippen LogP contribution in [0.2, 0.25) is 0 Å². The summed E-state index contributed by atoms with van der Waals surface area (Å²) >= 11 is 1.40. The second-order valence-corrected chi connectivity index (χ2v) is 5.44. The van der Waals surface area contributed by atoms with Gasteiger partial charge in [0.2, 0.25) is 0 Å². The number of aryl methyl sites for hydroxylation is 1. The molecule has 6 heteroatoms. The van der Waals surface area contributed by atoms with Crippen molar-refractivity contribution in [2.45, 2.75) is 11.8 Å². The maximum Gasteiger partial charge on any atom is 0.296 e. The molecule has 0 saturated carbocycles. The van der Waals surface area contributed by atoms with Gasteiger partial charge in [-0.1, -0.05) is 6.07 Å². The molecule has 74 valence electrons. The van der Waals surface area contributed by atoms with Gasteiger partial charge in [0.15, 0.2) is 0 Å². The Morgan fingerprint density at radius 2 is 2.14 bits per heavy atom. The minimum Gasteiger partial charge on any atom is -0.282 e. The lowest BCUT2D eigenvalue weighted by molar-refractivity contribution is 0.484. The molecule has 14 heavy (non-hydrogen) atoms. The normalized spacial score (nSPS) is 12.1. The van der Waals surface area contributed by atoms with Crippen molar-refractivity contribution >= 4 is 31.7 Å². The monoisotopic (exact) mass is 229 g/mol. The first-order valence-corrected chi connectivity index (χ1v) is 6.08. The van der Waals surface area contributed by atoms with Crippen LogP contribution in [0.3, 0.4) is 0 Å². The third-order valence-corrected chi connectivity index (χ3v) is 3.59. The van der Waals surface area contributed by atoms with Crippen molar-refractivity contribution < 1.29 is 13.0 Å². The van der Waals surface area contributed by atoms with Crippen molar-refractivity contribution in [3.63, 3.8) is 0 Å². The van der Waals surface area contributed by atoms with Gasteiger partial charge in [-0.15, -0.1) is 11.3 Å². The summed E-state index contributed by atoms with van der Waals surface area (Å²) in [6, 6.07) is 4.70. The first-order chi connectivity index (χ1) is 6.48. The molecule has 0 radical (unpaired) electrons. The van der Waals surface area contributed by atoms with Gasteiger partial charge >= 0.3 is 0 Å². The molecular weight excluding hydrogens is 222 g/mol. The summed E-state index contributed by atoms with van der Waals surface area (Å²) < 4.78 is 31.6. The van der Waals surface area contributed by atoms with Crippen LogP contribution < -0.4 is 0 Å². The number of benzene rings is 1. The molecule has 0 unspecified atom stereocenters. The molecule has 2 rings (SSSR count). The van der Waals surface area contributed by atoms with Crippen molar-refractivity contribution in [1.29, 1.82) is 0 Å². The van der Waals surface area contributed by atoms with Crippen molar-refractivity contribution in [1.82, 2.24) is 4.98 Å². The van der Waals surface area contributed by atoms with Crippen LogP contribution in [0.15, 0.2) is 23.1 Å². The minimum absolute atomic E-state index is 0.126. The summed E-state index contributed by atoms with van der Waals surface area (Å²) in [5, 5.41) is 0.774. The number of nitrogens with zero attached hydrogens (tertiary/aromatic N) is 1. The summed E-state index contributed by atoms with van der Waals surface area (Å²) in [5.74, 6) is 0. The second-order valence-electron chi connectivity index (χ2n) is 2.81. The fourth-order valence-corrected chi connectivity index (χ4v) is 2.81. The predicted molar refractivity (Wildman–Crippen MR) is 54.2 cm³/mol. The number of aromatic nitrogens is 1. The molecule has 0 saturated heterocycles. The van der Waals surface area contributed by atoms with Gasteiger partial charge in [0.05, 0.1) is 9.71 Å². The van der Waals surface area contributed by atoms with Gasteiger partial charge in [-0.05, 0) is 19.1 Å². The average Bonchev–Trinajstić information content (AvgIpc) is 2.41. The Kier molecular flexibility index (Phi) is 2.06. The van der Waals surface area contributed by atoms with E-state index in [0.29, 0.717) is 5.52 Å². The third-order valence-electron chi connectivity index (χ3n) is 1.77. The summed E-state index contributed by atoms with van der Waals surface area (Å²) in [5.41, 5.74) is 0.345. The molecule has 0 spiro atoms. The molecule has 2 aromatic rings. The first kappa shape index (κ1) is 9.57. The molecule has 0 fully saturated rings. The van der Waals surface area contributed by atoms with E-state index in [2.05, 4.69) is 4.98 Å². The van der Waals surface area contributed by atoms with Crippen LogP contribution in [0.1, 0.15) is 5.01 Å². The zero-order valence-corrected chi connectivity index (χ0v) is 8.89. The molecule has 0 aliphatic carbocycles. The highest BCUT2D eigenvalue weighted by Crippen LogP contribution is 2.26. The van der Waals surface area contributed by atoms with Crippen molar-refractivity contribution in [3.8, 4) is 0 Å². The van der Waals surface area contributed by atoms with E-state index in [1.54, 1.807) is 19.1 Å². The Morgan fingerprint density at radius 3 is 2.79 bits per heavy atom. The molecule has 4 nitrogen and oxygen atoms in total. The van der Waals surface area contributed by atoms with Crippen LogP contribution in [-0.2, 0) is 10.1 Å². The van der Waals surface area contributed by atoms with Crippen LogP contribution in [0.25, 0.3) is 10.2 Å². The maximum absolute atomic E-state index is 11.0. The summed E-state index contributed by atoms with van der Waals surface area (Å²) in [6.45, 7) is 1.79. The van der Waals surface area contributed by atoms with Crippen LogP contribution in [0.4, 0.5) is 0 Å². The molecule has 1 aromatic heterocycles. The SMILES string of the molecule is Cc1nc2c(S(=O)(=O)O)cccc2s1. The zero-order valence-electron chi connectivity index (χ0n) is 7.26. The van der Waals surface area contributed by atoms with E-state index in [-0.39, 0.29) is 4.90 Å². The Labute approximate surface area is 85.0 Å². The van der Waals surface area contributed by atoms with Crippen molar-refractivity contribution in [3.05, 3.63) is 23.2 Å². The molecule has 1 aromatic carbocycles. The summed E-state index contributed by atoms with van der Waals surface area (Å²) in [7, 11) is -4.17. The quantitative estimate of drug-likeness (QED) is 0.758. The minimum atomic E-state index is -4.17. The fourth-order valence-electron chi connectivity index (χ4n) is 1.24. The fraction of sp³-hybridized carbons (Fsp3) is 0.125. The highest BCUT2D eigenvalue weighted by atomic mass is 32.2. The van der Waals surface area contributed by atoms with Crippen LogP contribution >= 0.6 is 11.3 Å². The first-order valence-electron chi connectivity index (χ1n) is 3.82. The Balaban J connectivity index is 2.90. The molecule has 0 aliphatic rings. The van der Waals surface area contributed by atoms with E-state index in [4.69, 9.17) is 4.55 Å². The van der Waals surface area contributed by atoms with E-state index < -0.39 is 10.1 Å². The molecule has 0 bridgehead atoms. The van der Waals surface area contributed by atoms with E-state index in [1.807, 2.05) is 0 Å². The Hall–Kier alpha value is -0.980. The second kappa shape index (κ2) is 3.01. The number of hydrogen-bond acceptors (Lipinski definition) is 4. The Bertz CT molecular complexity index is 586. The highest BCUT2D eigenvalue weighted by molar-refractivity contribution is 7.86. The maximum atomic E-state index is 11.0. The van der Waals surface area contributed by atoms with Crippen molar-refractivity contribution in [2.24, 2.45) is 0 Å². The molecule has 1 N–H and O–H groups in total. The van der Waals surface area contributed by atoms with E-state index in [9.17, 15) is 8.42 Å². The molecule has 1 heterocycles. The van der Waals surface area contributed by atoms with E-state index >= 15 is 0 Å². The molecule has 0 aliphatic heterocycles. The van der Waals surface area contributed by atoms with E-state index in [0.717, 1.165) is 9.71 Å². The lowest BCUT2D eigenvalue weighted by atomic mass is 10.3. The van der Waals surface area contributed by atoms with Gasteiger partial charge in [-0.25, -0.2) is 4.98 Å².